The number of alkyl halides is 2. The second-order valence-electron chi connectivity index (χ2n) is 3.96. The molecule has 0 aromatic carbocycles. The van der Waals surface area contributed by atoms with Crippen molar-refractivity contribution in [1.29, 1.82) is 0 Å². The van der Waals surface area contributed by atoms with Crippen LogP contribution in [0.3, 0.4) is 0 Å². The number of anilines is 1. The molecule has 0 aliphatic heterocycles. The van der Waals surface area contributed by atoms with Crippen molar-refractivity contribution >= 4 is 5.69 Å². The third-order valence-electron chi connectivity index (χ3n) is 2.74. The van der Waals surface area contributed by atoms with Crippen molar-refractivity contribution in [3.8, 4) is 0 Å². The van der Waals surface area contributed by atoms with Crippen LogP contribution in [0.2, 0.25) is 0 Å². The first-order valence-corrected chi connectivity index (χ1v) is 5.71. The maximum Gasteiger partial charge on any atom is 0.255 e. The fourth-order valence-corrected chi connectivity index (χ4v) is 1.70. The van der Waals surface area contributed by atoms with Crippen molar-refractivity contribution in [2.75, 3.05) is 25.5 Å². The number of hydrogen-bond donors (Lipinski definition) is 1. The maximum absolute atomic E-state index is 12.2. The lowest BCUT2D eigenvalue weighted by molar-refractivity contribution is 0.156. The summed E-state index contributed by atoms with van der Waals surface area (Å²) in [5.41, 5.74) is 1.64. The van der Waals surface area contributed by atoms with E-state index in [2.05, 4.69) is 17.2 Å². The zero-order chi connectivity index (χ0) is 12.8. The number of aromatic nitrogens is 1. The van der Waals surface area contributed by atoms with Crippen LogP contribution in [0, 0.1) is 0 Å². The van der Waals surface area contributed by atoms with E-state index in [1.165, 1.54) is 4.90 Å². The summed E-state index contributed by atoms with van der Waals surface area (Å²) in [5.74, 6) is 0. The van der Waals surface area contributed by atoms with Crippen LogP contribution in [-0.2, 0) is 0 Å². The van der Waals surface area contributed by atoms with Gasteiger partial charge in [-0.15, -0.1) is 0 Å². The number of nitrogens with zero attached hydrogens (tertiary/aromatic N) is 2. The minimum atomic E-state index is -2.33. The van der Waals surface area contributed by atoms with Gasteiger partial charge in [-0.1, -0.05) is 6.92 Å². The van der Waals surface area contributed by atoms with Gasteiger partial charge in [0.1, 0.15) is 0 Å². The molecule has 0 aliphatic rings. The quantitative estimate of drug-likeness (QED) is 0.832. The van der Waals surface area contributed by atoms with Gasteiger partial charge in [-0.05, 0) is 25.6 Å². The number of nitrogens with one attached hydrogen (secondary N) is 1. The number of pyridine rings is 1. The summed E-state index contributed by atoms with van der Waals surface area (Å²) in [5, 5.41) is 3.15. The summed E-state index contributed by atoms with van der Waals surface area (Å²) in [4.78, 5) is 5.80. The Kier molecular flexibility index (Phi) is 5.28. The van der Waals surface area contributed by atoms with Crippen LogP contribution in [-0.4, -0.2) is 32.0 Å². The lowest BCUT2D eigenvalue weighted by atomic mass is 10.1. The highest BCUT2D eigenvalue weighted by atomic mass is 19.3. The van der Waals surface area contributed by atoms with Crippen molar-refractivity contribution in [2.24, 2.45) is 0 Å². The largest absolute Gasteiger partial charge is 0.368 e. The van der Waals surface area contributed by atoms with Crippen LogP contribution in [0.1, 0.15) is 25.1 Å². The van der Waals surface area contributed by atoms with Gasteiger partial charge >= 0.3 is 0 Å². The summed E-state index contributed by atoms with van der Waals surface area (Å²) in [6, 6.07) is 3.91. The predicted molar refractivity (Wildman–Crippen MR) is 65.6 cm³/mol. The Morgan fingerprint density at radius 3 is 2.53 bits per heavy atom. The minimum Gasteiger partial charge on any atom is -0.368 e. The van der Waals surface area contributed by atoms with Crippen molar-refractivity contribution in [1.82, 2.24) is 10.3 Å². The first-order valence-electron chi connectivity index (χ1n) is 5.71. The van der Waals surface area contributed by atoms with Crippen LogP contribution < -0.4 is 10.2 Å². The number of hydrogen-bond acceptors (Lipinski definition) is 3. The molecule has 0 spiro atoms. The molecule has 1 N–H and O–H groups in total. The Morgan fingerprint density at radius 2 is 2.12 bits per heavy atom. The zero-order valence-electron chi connectivity index (χ0n) is 10.5. The van der Waals surface area contributed by atoms with Crippen LogP contribution in [0.5, 0.6) is 0 Å². The third kappa shape index (κ3) is 3.93. The van der Waals surface area contributed by atoms with Crippen molar-refractivity contribution in [3.05, 3.63) is 24.0 Å². The van der Waals surface area contributed by atoms with Crippen molar-refractivity contribution in [3.63, 3.8) is 0 Å². The first-order chi connectivity index (χ1) is 8.08. The van der Waals surface area contributed by atoms with E-state index in [0.717, 1.165) is 12.1 Å². The molecule has 96 valence electrons. The predicted octanol–water partition coefficient (Wildman–Crippen LogP) is 2.45. The third-order valence-corrected chi connectivity index (χ3v) is 2.74. The molecule has 0 bridgehead atoms. The Bertz CT molecular complexity index is 323. The highest BCUT2D eigenvalue weighted by Crippen LogP contribution is 2.18. The molecule has 0 fully saturated rings. The van der Waals surface area contributed by atoms with Gasteiger partial charge in [-0.2, -0.15) is 0 Å². The van der Waals surface area contributed by atoms with E-state index in [9.17, 15) is 8.78 Å². The number of halogens is 2. The van der Waals surface area contributed by atoms with Gasteiger partial charge < -0.3 is 10.2 Å². The molecule has 5 heteroatoms. The molecule has 17 heavy (non-hydrogen) atoms. The molecule has 1 aromatic heterocycles. The molecule has 1 atom stereocenters. The molecule has 0 radical (unpaired) electrons. The fraction of sp³-hybridized carbons (Fsp3) is 0.583. The van der Waals surface area contributed by atoms with Gasteiger partial charge in [-0.3, -0.25) is 4.98 Å². The molecule has 0 aliphatic carbocycles. The van der Waals surface area contributed by atoms with E-state index in [4.69, 9.17) is 0 Å². The van der Waals surface area contributed by atoms with Gasteiger partial charge in [0.25, 0.3) is 6.43 Å². The molecular weight excluding hydrogens is 224 g/mol. The highest BCUT2D eigenvalue weighted by Gasteiger charge is 2.11. The van der Waals surface area contributed by atoms with Crippen molar-refractivity contribution < 1.29 is 8.78 Å². The monoisotopic (exact) mass is 243 g/mol. The van der Waals surface area contributed by atoms with Crippen LogP contribution in [0.25, 0.3) is 0 Å². The Morgan fingerprint density at radius 1 is 1.41 bits per heavy atom. The first kappa shape index (κ1) is 13.8. The molecule has 0 saturated heterocycles. The average Bonchev–Trinajstić information content (AvgIpc) is 2.30. The zero-order valence-corrected chi connectivity index (χ0v) is 10.5. The Hall–Kier alpha value is -1.23. The van der Waals surface area contributed by atoms with Gasteiger partial charge in [-0.25, -0.2) is 8.78 Å². The van der Waals surface area contributed by atoms with E-state index in [-0.39, 0.29) is 12.6 Å². The normalized spacial score (nSPS) is 12.8. The standard InChI is InChI=1S/C12H19F2N3/c1-4-10(15-2)11-6-5-9(7-16-11)17(3)8-12(13)14/h5-7,10,12,15H,4,8H2,1-3H3. The summed E-state index contributed by atoms with van der Waals surface area (Å²) >= 11 is 0. The Labute approximate surface area is 101 Å². The smallest absolute Gasteiger partial charge is 0.255 e. The van der Waals surface area contributed by atoms with Crippen LogP contribution in [0.4, 0.5) is 14.5 Å². The molecule has 0 amide bonds. The molecule has 1 rings (SSSR count). The van der Waals surface area contributed by atoms with Crippen LogP contribution in [0.15, 0.2) is 18.3 Å². The van der Waals surface area contributed by atoms with Crippen LogP contribution >= 0.6 is 0 Å². The minimum absolute atomic E-state index is 0.212. The van der Waals surface area contributed by atoms with Gasteiger partial charge in [0.15, 0.2) is 0 Å². The van der Waals surface area contributed by atoms with Crippen molar-refractivity contribution in [2.45, 2.75) is 25.8 Å². The second kappa shape index (κ2) is 6.49. The molecule has 0 saturated carbocycles. The maximum atomic E-state index is 12.2. The SMILES string of the molecule is CCC(NC)c1ccc(N(C)CC(F)F)cn1. The number of rotatable bonds is 6. The van der Waals surface area contributed by atoms with E-state index in [0.29, 0.717) is 5.69 Å². The van der Waals surface area contributed by atoms with Gasteiger partial charge in [0.2, 0.25) is 0 Å². The molecule has 1 aromatic rings. The van der Waals surface area contributed by atoms with Gasteiger partial charge in [0.05, 0.1) is 24.1 Å². The summed E-state index contributed by atoms with van der Waals surface area (Å²) < 4.78 is 24.4. The van der Waals surface area contributed by atoms with E-state index in [1.54, 1.807) is 13.2 Å². The summed E-state index contributed by atoms with van der Waals surface area (Å²) in [6.45, 7) is 1.80. The summed E-state index contributed by atoms with van der Waals surface area (Å²) in [6.07, 6.45) is 0.244. The molecular formula is C12H19F2N3. The summed E-state index contributed by atoms with van der Waals surface area (Å²) in [7, 11) is 3.52. The molecule has 1 unspecified atom stereocenters. The molecule has 3 nitrogen and oxygen atoms in total. The van der Waals surface area contributed by atoms with E-state index < -0.39 is 6.43 Å². The average molecular weight is 243 g/mol. The second-order valence-corrected chi connectivity index (χ2v) is 3.96. The van der Waals surface area contributed by atoms with E-state index in [1.807, 2.05) is 19.2 Å². The molecule has 1 heterocycles. The Balaban J connectivity index is 2.73. The topological polar surface area (TPSA) is 28.2 Å². The highest BCUT2D eigenvalue weighted by molar-refractivity contribution is 5.43. The van der Waals surface area contributed by atoms with E-state index >= 15 is 0 Å². The lowest BCUT2D eigenvalue weighted by Gasteiger charge is -2.19. The fourth-order valence-electron chi connectivity index (χ4n) is 1.70. The van der Waals surface area contributed by atoms with Gasteiger partial charge in [0, 0.05) is 13.1 Å². The lowest BCUT2D eigenvalue weighted by Crippen LogP contribution is -2.24.